The van der Waals surface area contributed by atoms with Crippen LogP contribution in [0.3, 0.4) is 0 Å². The number of nitrogens with zero attached hydrogens (tertiary/aromatic N) is 3. The molecule has 1 aromatic heterocycles. The Hall–Kier alpha value is -2.77. The van der Waals surface area contributed by atoms with E-state index in [1.165, 1.54) is 23.5 Å². The van der Waals surface area contributed by atoms with Gasteiger partial charge in [-0.05, 0) is 75.6 Å². The van der Waals surface area contributed by atoms with Crippen LogP contribution in [0, 0.1) is 5.82 Å². The van der Waals surface area contributed by atoms with Crippen LogP contribution in [0.15, 0.2) is 53.9 Å². The third-order valence-corrected chi connectivity index (χ3v) is 5.30. The zero-order chi connectivity index (χ0) is 20.8. The predicted molar refractivity (Wildman–Crippen MR) is 115 cm³/mol. The molecule has 152 valence electrons. The smallest absolute Gasteiger partial charge is 0.260 e. The number of anilines is 1. The van der Waals surface area contributed by atoms with Gasteiger partial charge in [-0.2, -0.15) is 0 Å². The monoisotopic (exact) mass is 413 g/mol. The van der Waals surface area contributed by atoms with Gasteiger partial charge in [0.05, 0.1) is 12.8 Å². The highest BCUT2D eigenvalue weighted by Gasteiger charge is 2.21. The number of thiazole rings is 1. The molecule has 29 heavy (non-hydrogen) atoms. The van der Waals surface area contributed by atoms with Crippen LogP contribution < -0.4 is 9.64 Å². The van der Waals surface area contributed by atoms with Gasteiger partial charge in [-0.3, -0.25) is 9.69 Å². The molecule has 0 aliphatic heterocycles. The topological polar surface area (TPSA) is 45.7 Å². The third kappa shape index (κ3) is 5.40. The van der Waals surface area contributed by atoms with Crippen LogP contribution in [0.4, 0.5) is 9.52 Å². The molecule has 0 saturated heterocycles. The summed E-state index contributed by atoms with van der Waals surface area (Å²) in [5.41, 5.74) is 2.12. The number of hydrogen-bond acceptors (Lipinski definition) is 5. The Morgan fingerprint density at radius 3 is 2.38 bits per heavy atom. The van der Waals surface area contributed by atoms with Crippen molar-refractivity contribution in [3.8, 4) is 17.0 Å². The SMILES string of the molecule is COc1ccc(C(=O)N(CCCN(C)C)c2nc(-c3ccc(F)cc3)cs2)cc1. The minimum Gasteiger partial charge on any atom is -0.497 e. The molecule has 1 heterocycles. The van der Waals surface area contributed by atoms with Gasteiger partial charge in [-0.15, -0.1) is 11.3 Å². The van der Waals surface area contributed by atoms with E-state index in [2.05, 4.69) is 9.88 Å². The van der Waals surface area contributed by atoms with Gasteiger partial charge in [0.25, 0.3) is 5.91 Å². The van der Waals surface area contributed by atoms with Crippen molar-refractivity contribution < 1.29 is 13.9 Å². The molecule has 0 N–H and O–H groups in total. The first-order valence-corrected chi connectivity index (χ1v) is 10.2. The molecule has 0 atom stereocenters. The molecule has 0 unspecified atom stereocenters. The van der Waals surface area contributed by atoms with Crippen LogP contribution in [0.5, 0.6) is 5.75 Å². The van der Waals surface area contributed by atoms with Crippen LogP contribution in [0.2, 0.25) is 0 Å². The van der Waals surface area contributed by atoms with Crippen molar-refractivity contribution in [3.63, 3.8) is 0 Å². The van der Waals surface area contributed by atoms with Crippen molar-refractivity contribution in [3.05, 3.63) is 65.3 Å². The zero-order valence-electron chi connectivity index (χ0n) is 16.8. The van der Waals surface area contributed by atoms with Crippen molar-refractivity contribution in [1.29, 1.82) is 0 Å². The highest BCUT2D eigenvalue weighted by Crippen LogP contribution is 2.29. The van der Waals surface area contributed by atoms with Gasteiger partial charge in [-0.25, -0.2) is 9.37 Å². The third-order valence-electron chi connectivity index (χ3n) is 4.43. The van der Waals surface area contributed by atoms with Gasteiger partial charge < -0.3 is 9.64 Å². The fourth-order valence-corrected chi connectivity index (χ4v) is 3.72. The first-order valence-electron chi connectivity index (χ1n) is 9.30. The minimum absolute atomic E-state index is 0.105. The van der Waals surface area contributed by atoms with Crippen molar-refractivity contribution in [2.75, 3.05) is 39.2 Å². The molecule has 3 aromatic rings. The minimum atomic E-state index is -0.288. The average molecular weight is 414 g/mol. The Labute approximate surface area is 174 Å². The van der Waals surface area contributed by atoms with E-state index < -0.39 is 0 Å². The van der Waals surface area contributed by atoms with Crippen molar-refractivity contribution in [2.24, 2.45) is 0 Å². The second-order valence-electron chi connectivity index (χ2n) is 6.86. The van der Waals surface area contributed by atoms with Crippen LogP contribution in [-0.2, 0) is 0 Å². The Kier molecular flexibility index (Phi) is 6.95. The van der Waals surface area contributed by atoms with Crippen LogP contribution in [0.25, 0.3) is 11.3 Å². The first-order chi connectivity index (χ1) is 14.0. The molecule has 0 bridgehead atoms. The summed E-state index contributed by atoms with van der Waals surface area (Å²) < 4.78 is 18.4. The number of benzene rings is 2. The summed E-state index contributed by atoms with van der Waals surface area (Å²) in [6, 6.07) is 13.3. The Bertz CT molecular complexity index is 939. The molecule has 3 rings (SSSR count). The molecule has 0 aliphatic carbocycles. The summed E-state index contributed by atoms with van der Waals surface area (Å²) in [5.74, 6) is 0.309. The maximum absolute atomic E-state index is 13.2. The van der Waals surface area contributed by atoms with E-state index in [9.17, 15) is 9.18 Å². The number of aromatic nitrogens is 1. The van der Waals surface area contributed by atoms with Crippen LogP contribution >= 0.6 is 11.3 Å². The summed E-state index contributed by atoms with van der Waals surface area (Å²) in [5, 5.41) is 2.52. The lowest BCUT2D eigenvalue weighted by atomic mass is 10.2. The van der Waals surface area contributed by atoms with Crippen LogP contribution in [0.1, 0.15) is 16.8 Å². The number of methoxy groups -OCH3 is 1. The van der Waals surface area contributed by atoms with E-state index in [1.807, 2.05) is 19.5 Å². The Morgan fingerprint density at radius 2 is 1.76 bits per heavy atom. The molecule has 0 saturated carbocycles. The van der Waals surface area contributed by atoms with Gasteiger partial charge in [0.15, 0.2) is 5.13 Å². The lowest BCUT2D eigenvalue weighted by Gasteiger charge is -2.21. The van der Waals surface area contributed by atoms with Gasteiger partial charge in [0.2, 0.25) is 0 Å². The van der Waals surface area contributed by atoms with E-state index >= 15 is 0 Å². The number of ether oxygens (including phenoxy) is 1. The van der Waals surface area contributed by atoms with Crippen LogP contribution in [-0.4, -0.2) is 50.1 Å². The number of amides is 1. The summed E-state index contributed by atoms with van der Waals surface area (Å²) in [6.07, 6.45) is 0.820. The zero-order valence-corrected chi connectivity index (χ0v) is 17.6. The second-order valence-corrected chi connectivity index (χ2v) is 7.70. The Balaban J connectivity index is 1.86. The summed E-state index contributed by atoms with van der Waals surface area (Å²) in [7, 11) is 5.61. The summed E-state index contributed by atoms with van der Waals surface area (Å²) in [6.45, 7) is 1.42. The number of halogens is 1. The van der Waals surface area contributed by atoms with E-state index in [1.54, 1.807) is 48.4 Å². The summed E-state index contributed by atoms with van der Waals surface area (Å²) >= 11 is 1.41. The number of hydrogen-bond donors (Lipinski definition) is 0. The van der Waals surface area contributed by atoms with E-state index in [0.717, 1.165) is 24.2 Å². The molecule has 0 aliphatic rings. The standard InChI is InChI=1S/C22H24FN3O2S/c1-25(2)13-4-14-26(21(27)17-7-11-19(28-3)12-8-17)22-24-20(15-29-22)16-5-9-18(23)10-6-16/h5-12,15H,4,13-14H2,1-3H3. The lowest BCUT2D eigenvalue weighted by Crippen LogP contribution is -2.33. The quantitative estimate of drug-likeness (QED) is 0.543. The molecule has 2 aromatic carbocycles. The average Bonchev–Trinajstić information content (AvgIpc) is 3.21. The molecule has 0 spiro atoms. The number of rotatable bonds is 8. The lowest BCUT2D eigenvalue weighted by molar-refractivity contribution is 0.0986. The van der Waals surface area contributed by atoms with Crippen molar-refractivity contribution >= 4 is 22.4 Å². The van der Waals surface area contributed by atoms with Gasteiger partial charge in [0, 0.05) is 23.1 Å². The Morgan fingerprint density at radius 1 is 1.07 bits per heavy atom. The molecule has 5 nitrogen and oxygen atoms in total. The van der Waals surface area contributed by atoms with Gasteiger partial charge >= 0.3 is 0 Å². The normalized spacial score (nSPS) is 10.9. The van der Waals surface area contributed by atoms with Crippen molar-refractivity contribution in [1.82, 2.24) is 9.88 Å². The van der Waals surface area contributed by atoms with Gasteiger partial charge in [0.1, 0.15) is 11.6 Å². The first kappa shape index (κ1) is 21.0. The predicted octanol–water partition coefficient (Wildman–Crippen LogP) is 4.56. The number of carbonyl (C=O) groups excluding carboxylic acids is 1. The summed E-state index contributed by atoms with van der Waals surface area (Å²) in [4.78, 5) is 21.6. The van der Waals surface area contributed by atoms with E-state index in [0.29, 0.717) is 23.0 Å². The van der Waals surface area contributed by atoms with E-state index in [4.69, 9.17) is 4.74 Å². The van der Waals surface area contributed by atoms with Gasteiger partial charge in [-0.1, -0.05) is 0 Å². The molecule has 7 heteroatoms. The molecule has 0 fully saturated rings. The highest BCUT2D eigenvalue weighted by molar-refractivity contribution is 7.14. The maximum Gasteiger partial charge on any atom is 0.260 e. The van der Waals surface area contributed by atoms with Crippen molar-refractivity contribution in [2.45, 2.75) is 6.42 Å². The largest absolute Gasteiger partial charge is 0.497 e. The molecule has 0 radical (unpaired) electrons. The maximum atomic E-state index is 13.2. The second kappa shape index (κ2) is 9.62. The fourth-order valence-electron chi connectivity index (χ4n) is 2.86. The fraction of sp³-hybridized carbons (Fsp3) is 0.273. The number of carbonyl (C=O) groups is 1. The molecule has 1 amide bonds. The molecular formula is C22H24FN3O2S. The van der Waals surface area contributed by atoms with E-state index in [-0.39, 0.29) is 11.7 Å². The highest BCUT2D eigenvalue weighted by atomic mass is 32.1. The molecular weight excluding hydrogens is 389 g/mol.